The maximum atomic E-state index is 13.4. The SMILES string of the molecule is CNC(=O)c1c(NC(=O)C(C(C)C)N2C(=O)c3ccccc3C2=O)sc2c1CCCC2. The van der Waals surface area contributed by atoms with Gasteiger partial charge < -0.3 is 10.6 Å². The first-order chi connectivity index (χ1) is 14.8. The average molecular weight is 440 g/mol. The molecule has 1 aliphatic carbocycles. The highest BCUT2D eigenvalue weighted by atomic mass is 32.1. The minimum absolute atomic E-state index is 0.239. The predicted octanol–water partition coefficient (Wildman–Crippen LogP) is 3.25. The molecule has 2 aliphatic rings. The van der Waals surface area contributed by atoms with Crippen LogP contribution in [0.4, 0.5) is 5.00 Å². The van der Waals surface area contributed by atoms with Crippen molar-refractivity contribution < 1.29 is 19.2 Å². The maximum absolute atomic E-state index is 13.4. The summed E-state index contributed by atoms with van der Waals surface area (Å²) in [5, 5.41) is 6.03. The van der Waals surface area contributed by atoms with Crippen LogP contribution in [0.5, 0.6) is 0 Å². The van der Waals surface area contributed by atoms with Crippen molar-refractivity contribution >= 4 is 40.0 Å². The van der Waals surface area contributed by atoms with Crippen LogP contribution in [0.25, 0.3) is 0 Å². The number of aryl methyl sites for hydroxylation is 1. The molecule has 1 aromatic carbocycles. The molecule has 0 fully saturated rings. The minimum Gasteiger partial charge on any atom is -0.355 e. The third-order valence-corrected chi connectivity index (χ3v) is 7.07. The standard InChI is InChI=1S/C23H25N3O4S/c1-12(2)18(26-22(29)13-8-4-5-9-14(13)23(26)30)20(28)25-21-17(19(27)24-3)15-10-6-7-11-16(15)31-21/h4-5,8-9,12,18H,6-7,10-11H2,1-3H3,(H,24,27)(H,25,28). The second-order valence-electron chi connectivity index (χ2n) is 8.20. The molecule has 1 aromatic heterocycles. The highest BCUT2D eigenvalue weighted by Gasteiger charge is 2.44. The number of nitrogens with zero attached hydrogens (tertiary/aromatic N) is 1. The third kappa shape index (κ3) is 3.54. The van der Waals surface area contributed by atoms with Crippen molar-refractivity contribution in [2.75, 3.05) is 12.4 Å². The van der Waals surface area contributed by atoms with Crippen LogP contribution >= 0.6 is 11.3 Å². The fourth-order valence-electron chi connectivity index (χ4n) is 4.38. The number of imide groups is 1. The lowest BCUT2D eigenvalue weighted by molar-refractivity contribution is -0.121. The van der Waals surface area contributed by atoms with Crippen LogP contribution in [-0.4, -0.2) is 41.6 Å². The van der Waals surface area contributed by atoms with Gasteiger partial charge in [0.1, 0.15) is 11.0 Å². The Morgan fingerprint density at radius 2 is 1.65 bits per heavy atom. The molecule has 7 nitrogen and oxygen atoms in total. The van der Waals surface area contributed by atoms with Crippen molar-refractivity contribution in [1.82, 2.24) is 10.2 Å². The zero-order valence-electron chi connectivity index (χ0n) is 17.8. The Balaban J connectivity index is 1.67. The fraction of sp³-hybridized carbons (Fsp3) is 0.391. The highest BCUT2D eigenvalue weighted by molar-refractivity contribution is 7.17. The molecule has 2 N–H and O–H groups in total. The molecule has 0 spiro atoms. The van der Waals surface area contributed by atoms with Gasteiger partial charge in [-0.2, -0.15) is 0 Å². The molecule has 1 atom stereocenters. The Bertz CT molecular complexity index is 1050. The quantitative estimate of drug-likeness (QED) is 0.699. The van der Waals surface area contributed by atoms with Gasteiger partial charge in [-0.25, -0.2) is 0 Å². The van der Waals surface area contributed by atoms with Gasteiger partial charge in [0.05, 0.1) is 16.7 Å². The van der Waals surface area contributed by atoms with E-state index in [0.717, 1.165) is 41.0 Å². The summed E-state index contributed by atoms with van der Waals surface area (Å²) in [6, 6.07) is 5.61. The van der Waals surface area contributed by atoms with Gasteiger partial charge in [0.2, 0.25) is 5.91 Å². The van der Waals surface area contributed by atoms with Crippen molar-refractivity contribution in [3.05, 3.63) is 51.4 Å². The molecule has 0 radical (unpaired) electrons. The molecule has 8 heteroatoms. The summed E-state index contributed by atoms with van der Waals surface area (Å²) in [4.78, 5) is 54.0. The smallest absolute Gasteiger partial charge is 0.262 e. The number of fused-ring (bicyclic) bond motifs is 2. The Labute approximate surface area is 184 Å². The summed E-state index contributed by atoms with van der Waals surface area (Å²) in [6.45, 7) is 3.60. The molecule has 1 unspecified atom stereocenters. The van der Waals surface area contributed by atoms with E-state index in [1.54, 1.807) is 45.2 Å². The molecule has 162 valence electrons. The van der Waals surface area contributed by atoms with Gasteiger partial charge in [-0.1, -0.05) is 26.0 Å². The van der Waals surface area contributed by atoms with Crippen LogP contribution in [0.15, 0.2) is 24.3 Å². The molecule has 2 aromatic rings. The largest absolute Gasteiger partial charge is 0.355 e. The van der Waals surface area contributed by atoms with Gasteiger partial charge >= 0.3 is 0 Å². The normalized spacial score (nSPS) is 16.2. The average Bonchev–Trinajstić information content (AvgIpc) is 3.24. The van der Waals surface area contributed by atoms with Gasteiger partial charge in [0.15, 0.2) is 0 Å². The van der Waals surface area contributed by atoms with Crippen molar-refractivity contribution in [3.8, 4) is 0 Å². The third-order valence-electron chi connectivity index (χ3n) is 5.87. The topological polar surface area (TPSA) is 95.6 Å². The Kier molecular flexibility index (Phi) is 5.66. The second kappa shape index (κ2) is 8.26. The molecule has 31 heavy (non-hydrogen) atoms. The Hall–Kier alpha value is -3.00. The van der Waals surface area contributed by atoms with E-state index in [-0.39, 0.29) is 11.8 Å². The van der Waals surface area contributed by atoms with E-state index in [4.69, 9.17) is 0 Å². The Morgan fingerprint density at radius 1 is 1.03 bits per heavy atom. The summed E-state index contributed by atoms with van der Waals surface area (Å²) >= 11 is 1.41. The maximum Gasteiger partial charge on any atom is 0.262 e. The fourth-order valence-corrected chi connectivity index (χ4v) is 5.67. The lowest BCUT2D eigenvalue weighted by Gasteiger charge is -2.28. The van der Waals surface area contributed by atoms with E-state index in [0.29, 0.717) is 21.7 Å². The van der Waals surface area contributed by atoms with E-state index < -0.39 is 23.8 Å². The molecular formula is C23H25N3O4S. The summed E-state index contributed by atoms with van der Waals surface area (Å²) < 4.78 is 0. The van der Waals surface area contributed by atoms with E-state index in [2.05, 4.69) is 10.6 Å². The van der Waals surface area contributed by atoms with Crippen LogP contribution in [-0.2, 0) is 17.6 Å². The summed E-state index contributed by atoms with van der Waals surface area (Å²) in [5.74, 6) is -1.94. The molecule has 4 amide bonds. The van der Waals surface area contributed by atoms with Crippen LogP contribution in [0.3, 0.4) is 0 Å². The lowest BCUT2D eigenvalue weighted by Crippen LogP contribution is -2.50. The zero-order chi connectivity index (χ0) is 22.3. The highest BCUT2D eigenvalue weighted by Crippen LogP contribution is 2.38. The van der Waals surface area contributed by atoms with Crippen molar-refractivity contribution in [3.63, 3.8) is 0 Å². The van der Waals surface area contributed by atoms with E-state index in [9.17, 15) is 19.2 Å². The van der Waals surface area contributed by atoms with Gasteiger partial charge in [0, 0.05) is 11.9 Å². The number of anilines is 1. The van der Waals surface area contributed by atoms with Crippen LogP contribution in [0, 0.1) is 5.92 Å². The number of hydrogen-bond donors (Lipinski definition) is 2. The first-order valence-corrected chi connectivity index (χ1v) is 11.3. The molecule has 1 aliphatic heterocycles. The predicted molar refractivity (Wildman–Crippen MR) is 119 cm³/mol. The van der Waals surface area contributed by atoms with Crippen molar-refractivity contribution in [1.29, 1.82) is 0 Å². The molecule has 2 heterocycles. The van der Waals surface area contributed by atoms with E-state index >= 15 is 0 Å². The number of carbonyl (C=O) groups is 4. The first-order valence-electron chi connectivity index (χ1n) is 10.5. The number of nitrogens with one attached hydrogen (secondary N) is 2. The van der Waals surface area contributed by atoms with Crippen LogP contribution in [0.1, 0.15) is 68.2 Å². The van der Waals surface area contributed by atoms with Crippen LogP contribution in [0.2, 0.25) is 0 Å². The monoisotopic (exact) mass is 439 g/mol. The van der Waals surface area contributed by atoms with Gasteiger partial charge in [-0.3, -0.25) is 24.1 Å². The first kappa shape index (κ1) is 21.2. The molecule has 0 saturated carbocycles. The van der Waals surface area contributed by atoms with Crippen LogP contribution < -0.4 is 10.6 Å². The summed E-state index contributed by atoms with van der Waals surface area (Å²) in [7, 11) is 1.57. The summed E-state index contributed by atoms with van der Waals surface area (Å²) in [5.41, 5.74) is 2.11. The van der Waals surface area contributed by atoms with Gasteiger partial charge in [-0.15, -0.1) is 11.3 Å². The van der Waals surface area contributed by atoms with Gasteiger partial charge in [0.25, 0.3) is 17.7 Å². The number of hydrogen-bond acceptors (Lipinski definition) is 5. The van der Waals surface area contributed by atoms with E-state index in [1.807, 2.05) is 0 Å². The summed E-state index contributed by atoms with van der Waals surface area (Å²) in [6.07, 6.45) is 3.74. The zero-order valence-corrected chi connectivity index (χ0v) is 18.6. The minimum atomic E-state index is -0.982. The molecular weight excluding hydrogens is 414 g/mol. The molecule has 0 saturated heterocycles. The second-order valence-corrected chi connectivity index (χ2v) is 9.30. The number of benzene rings is 1. The molecule has 4 rings (SSSR count). The number of thiophene rings is 1. The lowest BCUT2D eigenvalue weighted by atomic mass is 9.95. The molecule has 0 bridgehead atoms. The van der Waals surface area contributed by atoms with E-state index in [1.165, 1.54) is 11.3 Å². The van der Waals surface area contributed by atoms with Gasteiger partial charge in [-0.05, 0) is 49.3 Å². The Morgan fingerprint density at radius 3 is 2.23 bits per heavy atom. The number of carbonyl (C=O) groups excluding carboxylic acids is 4. The van der Waals surface area contributed by atoms with Crippen molar-refractivity contribution in [2.24, 2.45) is 5.92 Å². The number of rotatable bonds is 5. The van der Waals surface area contributed by atoms with Crippen molar-refractivity contribution in [2.45, 2.75) is 45.6 Å². The number of amides is 4.